The zero-order valence-corrected chi connectivity index (χ0v) is 19.0. The standard InChI is InChI=1S/C24H19ClF6N2O2/c1-14-9-19(16-5-3-2-4-6-16)20(21(25)32-14)22(35)33(7-8-34)13-15-10-17(23(26,27)28)12-18(11-15)24(29,30)31/h2-6,9-12,34H,7-8,13H2,1H3. The average molecular weight is 517 g/mol. The Bertz CT molecular complexity index is 1180. The molecule has 1 amide bonds. The summed E-state index contributed by atoms with van der Waals surface area (Å²) in [6.07, 6.45) is -10.1. The van der Waals surface area contributed by atoms with E-state index in [4.69, 9.17) is 11.6 Å². The van der Waals surface area contributed by atoms with Gasteiger partial charge in [-0.25, -0.2) is 4.98 Å². The van der Waals surface area contributed by atoms with Gasteiger partial charge in [-0.05, 0) is 47.9 Å². The summed E-state index contributed by atoms with van der Waals surface area (Å²) in [5.41, 5.74) is -2.02. The Morgan fingerprint density at radius 3 is 2.06 bits per heavy atom. The van der Waals surface area contributed by atoms with Crippen LogP contribution in [0.3, 0.4) is 0 Å². The lowest BCUT2D eigenvalue weighted by Gasteiger charge is -2.25. The van der Waals surface area contributed by atoms with Crippen LogP contribution in [0.5, 0.6) is 0 Å². The average Bonchev–Trinajstić information content (AvgIpc) is 2.77. The van der Waals surface area contributed by atoms with E-state index in [0.717, 1.165) is 4.90 Å². The van der Waals surface area contributed by atoms with Crippen LogP contribution in [0.2, 0.25) is 5.15 Å². The van der Waals surface area contributed by atoms with Crippen molar-refractivity contribution < 1.29 is 36.2 Å². The summed E-state index contributed by atoms with van der Waals surface area (Å²) in [4.78, 5) is 18.5. The number of nitrogens with zero attached hydrogens (tertiary/aromatic N) is 2. The number of carbonyl (C=O) groups excluding carboxylic acids is 1. The predicted octanol–water partition coefficient (Wildman–Crippen LogP) is 6.38. The highest BCUT2D eigenvalue weighted by Gasteiger charge is 2.37. The molecule has 3 aromatic rings. The van der Waals surface area contributed by atoms with Crippen LogP contribution >= 0.6 is 11.6 Å². The number of carbonyl (C=O) groups is 1. The monoisotopic (exact) mass is 516 g/mol. The molecule has 0 spiro atoms. The van der Waals surface area contributed by atoms with E-state index in [1.165, 1.54) is 0 Å². The summed E-state index contributed by atoms with van der Waals surface area (Å²) in [5.74, 6) is -0.804. The van der Waals surface area contributed by atoms with Gasteiger partial charge >= 0.3 is 12.4 Å². The maximum Gasteiger partial charge on any atom is 0.416 e. The van der Waals surface area contributed by atoms with Crippen molar-refractivity contribution in [2.75, 3.05) is 13.2 Å². The third-order valence-electron chi connectivity index (χ3n) is 5.08. The lowest BCUT2D eigenvalue weighted by molar-refractivity contribution is -0.143. The van der Waals surface area contributed by atoms with Crippen LogP contribution in [0.25, 0.3) is 11.1 Å². The maximum atomic E-state index is 13.5. The van der Waals surface area contributed by atoms with Gasteiger partial charge in [0.15, 0.2) is 0 Å². The molecule has 0 aliphatic rings. The van der Waals surface area contributed by atoms with Gasteiger partial charge in [-0.3, -0.25) is 4.79 Å². The molecule has 1 heterocycles. The van der Waals surface area contributed by atoms with Gasteiger partial charge in [0.2, 0.25) is 0 Å². The van der Waals surface area contributed by atoms with Gasteiger partial charge in [-0.2, -0.15) is 26.3 Å². The van der Waals surface area contributed by atoms with Gasteiger partial charge in [0.05, 0.1) is 23.3 Å². The number of alkyl halides is 6. The van der Waals surface area contributed by atoms with Crippen molar-refractivity contribution in [1.29, 1.82) is 0 Å². The predicted molar refractivity (Wildman–Crippen MR) is 118 cm³/mol. The summed E-state index contributed by atoms with van der Waals surface area (Å²) >= 11 is 6.28. The van der Waals surface area contributed by atoms with Gasteiger partial charge in [-0.15, -0.1) is 0 Å². The van der Waals surface area contributed by atoms with Gasteiger partial charge < -0.3 is 10.0 Å². The van der Waals surface area contributed by atoms with Crippen LogP contribution in [0.15, 0.2) is 54.6 Å². The van der Waals surface area contributed by atoms with E-state index in [0.29, 0.717) is 29.0 Å². The molecule has 0 fully saturated rings. The van der Waals surface area contributed by atoms with Gasteiger partial charge in [0.1, 0.15) is 5.15 Å². The lowest BCUT2D eigenvalue weighted by atomic mass is 9.99. The zero-order valence-electron chi connectivity index (χ0n) is 18.2. The molecule has 0 radical (unpaired) electrons. The van der Waals surface area contributed by atoms with E-state index in [1.807, 2.05) is 0 Å². The van der Waals surface area contributed by atoms with E-state index in [-0.39, 0.29) is 23.3 Å². The molecule has 2 aromatic carbocycles. The highest BCUT2D eigenvalue weighted by atomic mass is 35.5. The van der Waals surface area contributed by atoms with Crippen molar-refractivity contribution in [2.45, 2.75) is 25.8 Å². The molecule has 35 heavy (non-hydrogen) atoms. The Hall–Kier alpha value is -3.11. The normalized spacial score (nSPS) is 12.0. The van der Waals surface area contributed by atoms with E-state index in [9.17, 15) is 36.2 Å². The quantitative estimate of drug-likeness (QED) is 0.305. The van der Waals surface area contributed by atoms with E-state index in [2.05, 4.69) is 4.98 Å². The van der Waals surface area contributed by atoms with Crippen LogP contribution in [-0.4, -0.2) is 34.0 Å². The number of aliphatic hydroxyl groups excluding tert-OH is 1. The molecule has 1 N–H and O–H groups in total. The van der Waals surface area contributed by atoms with Gasteiger partial charge in [-0.1, -0.05) is 41.9 Å². The van der Waals surface area contributed by atoms with Crippen LogP contribution < -0.4 is 0 Å². The number of halogens is 7. The molecular formula is C24H19ClF6N2O2. The van der Waals surface area contributed by atoms with Gasteiger partial charge in [0.25, 0.3) is 5.91 Å². The third kappa shape index (κ3) is 6.32. The highest BCUT2D eigenvalue weighted by Crippen LogP contribution is 2.37. The largest absolute Gasteiger partial charge is 0.416 e. The summed E-state index contributed by atoms with van der Waals surface area (Å²) in [6, 6.07) is 11.3. The number of aryl methyl sites for hydroxylation is 1. The molecule has 3 rings (SSSR count). The molecule has 0 atom stereocenters. The number of benzene rings is 2. The second-order valence-corrected chi connectivity index (χ2v) is 8.07. The molecule has 0 bridgehead atoms. The van der Waals surface area contributed by atoms with Gasteiger partial charge in [0, 0.05) is 18.8 Å². The smallest absolute Gasteiger partial charge is 0.395 e. The van der Waals surface area contributed by atoms with Crippen molar-refractivity contribution in [3.8, 4) is 11.1 Å². The van der Waals surface area contributed by atoms with Crippen LogP contribution in [0.1, 0.15) is 32.7 Å². The minimum absolute atomic E-state index is 0.00989. The van der Waals surface area contributed by atoms with Crippen molar-refractivity contribution in [1.82, 2.24) is 9.88 Å². The number of hydrogen-bond acceptors (Lipinski definition) is 3. The van der Waals surface area contributed by atoms with Crippen LogP contribution in [0, 0.1) is 6.92 Å². The maximum absolute atomic E-state index is 13.5. The van der Waals surface area contributed by atoms with Crippen LogP contribution in [-0.2, 0) is 18.9 Å². The second kappa shape index (κ2) is 10.2. The molecule has 0 aliphatic heterocycles. The first-order chi connectivity index (χ1) is 16.3. The first-order valence-electron chi connectivity index (χ1n) is 10.2. The van der Waals surface area contributed by atoms with Crippen molar-refractivity contribution in [3.05, 3.63) is 87.7 Å². The molecule has 0 saturated heterocycles. The van der Waals surface area contributed by atoms with E-state index < -0.39 is 48.1 Å². The summed E-state index contributed by atoms with van der Waals surface area (Å²) in [7, 11) is 0. The Morgan fingerprint density at radius 1 is 0.971 bits per heavy atom. The summed E-state index contributed by atoms with van der Waals surface area (Å²) in [5, 5.41) is 9.29. The number of amides is 1. The number of aromatic nitrogens is 1. The first kappa shape index (κ1) is 26.5. The molecule has 0 saturated carbocycles. The fourth-order valence-electron chi connectivity index (χ4n) is 3.55. The molecular weight excluding hydrogens is 498 g/mol. The number of aliphatic hydroxyl groups is 1. The Labute approximate surface area is 201 Å². The fourth-order valence-corrected chi connectivity index (χ4v) is 3.86. The SMILES string of the molecule is Cc1cc(-c2ccccc2)c(C(=O)N(CCO)Cc2cc(C(F)(F)F)cc(C(F)(F)F)c2)c(Cl)n1. The molecule has 0 unspecified atom stereocenters. The highest BCUT2D eigenvalue weighted by molar-refractivity contribution is 6.33. The number of rotatable bonds is 6. The zero-order chi connectivity index (χ0) is 26.0. The molecule has 11 heteroatoms. The molecule has 0 aliphatic carbocycles. The minimum Gasteiger partial charge on any atom is -0.395 e. The van der Waals surface area contributed by atoms with Crippen molar-refractivity contribution >= 4 is 17.5 Å². The lowest BCUT2D eigenvalue weighted by Crippen LogP contribution is -2.34. The summed E-state index contributed by atoms with van der Waals surface area (Å²) in [6.45, 7) is 0.0630. The Kier molecular flexibility index (Phi) is 7.76. The van der Waals surface area contributed by atoms with Crippen molar-refractivity contribution in [3.63, 3.8) is 0 Å². The number of hydrogen-bond donors (Lipinski definition) is 1. The Balaban J connectivity index is 2.09. The van der Waals surface area contributed by atoms with Crippen LogP contribution in [0.4, 0.5) is 26.3 Å². The molecule has 186 valence electrons. The van der Waals surface area contributed by atoms with E-state index in [1.54, 1.807) is 43.3 Å². The summed E-state index contributed by atoms with van der Waals surface area (Å²) < 4.78 is 79.6. The minimum atomic E-state index is -5.04. The van der Waals surface area contributed by atoms with Crippen molar-refractivity contribution in [2.24, 2.45) is 0 Å². The third-order valence-corrected chi connectivity index (χ3v) is 5.35. The Morgan fingerprint density at radius 2 is 1.54 bits per heavy atom. The fraction of sp³-hybridized carbons (Fsp3) is 0.250. The molecule has 1 aromatic heterocycles. The first-order valence-corrected chi connectivity index (χ1v) is 10.6. The van der Waals surface area contributed by atoms with E-state index >= 15 is 0 Å². The molecule has 4 nitrogen and oxygen atoms in total. The topological polar surface area (TPSA) is 53.4 Å². The number of pyridine rings is 1. The second-order valence-electron chi connectivity index (χ2n) is 7.71.